The van der Waals surface area contributed by atoms with E-state index in [1.807, 2.05) is 0 Å². The number of hydrogen-bond acceptors (Lipinski definition) is 9. The minimum absolute atomic E-state index is 0.0836. The van der Waals surface area contributed by atoms with Crippen LogP contribution in [0.25, 0.3) is 5.69 Å². The number of nitrogens with one attached hydrogen (secondary N) is 1. The summed E-state index contributed by atoms with van der Waals surface area (Å²) in [5.41, 5.74) is 0.582. The number of aromatic nitrogens is 4. The number of nitro groups is 1. The van der Waals surface area contributed by atoms with Gasteiger partial charge in [0, 0.05) is 12.1 Å². The van der Waals surface area contributed by atoms with E-state index in [2.05, 4.69) is 20.8 Å². The zero-order valence-electron chi connectivity index (χ0n) is 15.9. The van der Waals surface area contributed by atoms with Crippen LogP contribution >= 0.6 is 0 Å². The lowest BCUT2D eigenvalue weighted by molar-refractivity contribution is -0.384. The van der Waals surface area contributed by atoms with Gasteiger partial charge in [-0.1, -0.05) is 6.07 Å². The van der Waals surface area contributed by atoms with Gasteiger partial charge in [-0.15, -0.1) is 5.10 Å². The maximum Gasteiger partial charge on any atom is 0.338 e. The van der Waals surface area contributed by atoms with Gasteiger partial charge < -0.3 is 14.8 Å². The molecule has 0 bridgehead atoms. The molecule has 1 amide bonds. The lowest BCUT2D eigenvalue weighted by Gasteiger charge is -2.15. The molecule has 30 heavy (non-hydrogen) atoms. The number of rotatable bonds is 7. The molecule has 0 aliphatic rings. The van der Waals surface area contributed by atoms with E-state index in [9.17, 15) is 19.7 Å². The molecule has 1 heterocycles. The van der Waals surface area contributed by atoms with Crippen molar-refractivity contribution < 1.29 is 24.0 Å². The molecule has 0 aliphatic carbocycles. The second-order valence-corrected chi connectivity index (χ2v) is 5.98. The molecule has 0 fully saturated rings. The summed E-state index contributed by atoms with van der Waals surface area (Å²) in [7, 11) is 1.36. The molecule has 1 atom stereocenters. The fraction of sp³-hybridized carbons (Fsp3) is 0.167. The Kier molecular flexibility index (Phi) is 5.96. The van der Waals surface area contributed by atoms with Gasteiger partial charge in [-0.3, -0.25) is 14.9 Å². The van der Waals surface area contributed by atoms with Crippen LogP contribution in [0.2, 0.25) is 0 Å². The summed E-state index contributed by atoms with van der Waals surface area (Å²) < 4.78 is 11.7. The fourth-order valence-corrected chi connectivity index (χ4v) is 2.48. The number of esters is 1. The third kappa shape index (κ3) is 4.55. The van der Waals surface area contributed by atoms with E-state index < -0.39 is 22.9 Å². The number of carbonyl (C=O) groups is 2. The number of anilines is 1. The highest BCUT2D eigenvalue weighted by Crippen LogP contribution is 2.29. The third-order valence-electron chi connectivity index (χ3n) is 4.00. The van der Waals surface area contributed by atoms with Crippen molar-refractivity contribution in [3.8, 4) is 11.4 Å². The number of carbonyl (C=O) groups excluding carboxylic acids is 2. The molecular formula is C18H16N6O6. The highest BCUT2D eigenvalue weighted by atomic mass is 16.6. The van der Waals surface area contributed by atoms with Gasteiger partial charge in [-0.25, -0.2) is 9.48 Å². The van der Waals surface area contributed by atoms with Gasteiger partial charge in [0.15, 0.2) is 6.10 Å². The highest BCUT2D eigenvalue weighted by Gasteiger charge is 2.22. The molecule has 0 radical (unpaired) electrons. The van der Waals surface area contributed by atoms with Crippen molar-refractivity contribution in [3.05, 3.63) is 64.5 Å². The van der Waals surface area contributed by atoms with Crippen molar-refractivity contribution >= 4 is 23.3 Å². The van der Waals surface area contributed by atoms with Crippen molar-refractivity contribution in [2.75, 3.05) is 12.4 Å². The summed E-state index contributed by atoms with van der Waals surface area (Å²) in [4.78, 5) is 35.2. The molecule has 12 heteroatoms. The van der Waals surface area contributed by atoms with E-state index in [0.717, 1.165) is 6.07 Å². The number of tetrazole rings is 1. The van der Waals surface area contributed by atoms with E-state index in [4.69, 9.17) is 9.47 Å². The Bertz CT molecular complexity index is 1080. The Morgan fingerprint density at radius 3 is 2.70 bits per heavy atom. The van der Waals surface area contributed by atoms with Crippen molar-refractivity contribution in [1.29, 1.82) is 0 Å². The second-order valence-electron chi connectivity index (χ2n) is 5.98. The molecule has 3 aromatic rings. The first-order chi connectivity index (χ1) is 14.4. The molecule has 154 valence electrons. The quantitative estimate of drug-likeness (QED) is 0.347. The van der Waals surface area contributed by atoms with Crippen LogP contribution in [-0.4, -0.2) is 50.2 Å². The predicted molar refractivity (Wildman–Crippen MR) is 102 cm³/mol. The van der Waals surface area contributed by atoms with Crippen molar-refractivity contribution in [2.24, 2.45) is 0 Å². The molecule has 0 aliphatic heterocycles. The van der Waals surface area contributed by atoms with Gasteiger partial charge in [-0.2, -0.15) is 0 Å². The zero-order chi connectivity index (χ0) is 21.7. The standard InChI is InChI=1S/C18H16N6O6/c1-11(17(25)20-15-9-14(24(27)28)6-7-16(15)29-2)30-18(26)12-4-3-5-13(8-12)23-10-19-21-22-23/h3-11H,1-2H3,(H,20,25). The number of nitro benzene ring substituents is 1. The third-order valence-corrected chi connectivity index (χ3v) is 4.00. The summed E-state index contributed by atoms with van der Waals surface area (Å²) in [5, 5.41) is 24.2. The summed E-state index contributed by atoms with van der Waals surface area (Å²) in [6.07, 6.45) is 0.186. The minimum Gasteiger partial charge on any atom is -0.495 e. The Morgan fingerprint density at radius 1 is 1.23 bits per heavy atom. The summed E-state index contributed by atoms with van der Waals surface area (Å²) in [6.45, 7) is 1.38. The topological polar surface area (TPSA) is 151 Å². The zero-order valence-corrected chi connectivity index (χ0v) is 15.9. The molecule has 12 nitrogen and oxygen atoms in total. The molecular weight excluding hydrogens is 396 g/mol. The second kappa shape index (κ2) is 8.77. The van der Waals surface area contributed by atoms with Crippen LogP contribution in [-0.2, 0) is 9.53 Å². The van der Waals surface area contributed by atoms with Crippen LogP contribution in [0.15, 0.2) is 48.8 Å². The number of amides is 1. The van der Waals surface area contributed by atoms with E-state index in [1.165, 1.54) is 49.3 Å². The lowest BCUT2D eigenvalue weighted by Crippen LogP contribution is -2.30. The number of benzene rings is 2. The highest BCUT2D eigenvalue weighted by molar-refractivity contribution is 5.98. The first kappa shape index (κ1) is 20.4. The SMILES string of the molecule is COc1ccc([N+](=O)[O-])cc1NC(=O)C(C)OC(=O)c1cccc(-n2cnnn2)c1. The Balaban J connectivity index is 1.70. The van der Waals surface area contributed by atoms with Crippen molar-refractivity contribution in [1.82, 2.24) is 20.2 Å². The fourth-order valence-electron chi connectivity index (χ4n) is 2.48. The monoisotopic (exact) mass is 412 g/mol. The predicted octanol–water partition coefficient (Wildman–Crippen LogP) is 1.76. The van der Waals surface area contributed by atoms with E-state index in [1.54, 1.807) is 12.1 Å². The van der Waals surface area contributed by atoms with Gasteiger partial charge in [0.1, 0.15) is 12.1 Å². The molecule has 1 N–H and O–H groups in total. The minimum atomic E-state index is -1.18. The molecule has 1 unspecified atom stereocenters. The summed E-state index contributed by atoms with van der Waals surface area (Å²) >= 11 is 0. The maximum atomic E-state index is 12.4. The van der Waals surface area contributed by atoms with E-state index in [-0.39, 0.29) is 22.7 Å². The summed E-state index contributed by atoms with van der Waals surface area (Å²) in [6, 6.07) is 10.1. The Morgan fingerprint density at radius 2 is 2.03 bits per heavy atom. The van der Waals surface area contributed by atoms with Crippen LogP contribution in [0.4, 0.5) is 11.4 Å². The largest absolute Gasteiger partial charge is 0.495 e. The van der Waals surface area contributed by atoms with Gasteiger partial charge in [-0.05, 0) is 41.6 Å². The van der Waals surface area contributed by atoms with Gasteiger partial charge in [0.05, 0.1) is 29.0 Å². The number of methoxy groups -OCH3 is 1. The lowest BCUT2D eigenvalue weighted by atomic mass is 10.2. The van der Waals surface area contributed by atoms with Gasteiger partial charge >= 0.3 is 5.97 Å². The number of hydrogen-bond donors (Lipinski definition) is 1. The number of non-ortho nitro benzene ring substituents is 1. The Hall–Kier alpha value is -4.35. The average molecular weight is 412 g/mol. The van der Waals surface area contributed by atoms with Crippen LogP contribution < -0.4 is 10.1 Å². The molecule has 0 spiro atoms. The molecule has 0 saturated carbocycles. The van der Waals surface area contributed by atoms with Crippen LogP contribution in [0.5, 0.6) is 5.75 Å². The van der Waals surface area contributed by atoms with Crippen molar-refractivity contribution in [3.63, 3.8) is 0 Å². The first-order valence-electron chi connectivity index (χ1n) is 8.56. The van der Waals surface area contributed by atoms with E-state index >= 15 is 0 Å². The van der Waals surface area contributed by atoms with Crippen LogP contribution in [0, 0.1) is 10.1 Å². The molecule has 1 aromatic heterocycles. The van der Waals surface area contributed by atoms with Gasteiger partial charge in [0.2, 0.25) is 0 Å². The average Bonchev–Trinajstić information content (AvgIpc) is 3.28. The number of nitrogens with zero attached hydrogens (tertiary/aromatic N) is 5. The number of ether oxygens (including phenoxy) is 2. The van der Waals surface area contributed by atoms with Crippen molar-refractivity contribution in [2.45, 2.75) is 13.0 Å². The first-order valence-corrected chi connectivity index (χ1v) is 8.56. The molecule has 2 aromatic carbocycles. The maximum absolute atomic E-state index is 12.4. The Labute approximate surface area is 169 Å². The summed E-state index contributed by atoms with van der Waals surface area (Å²) in [5.74, 6) is -1.20. The normalized spacial score (nSPS) is 11.4. The van der Waals surface area contributed by atoms with Crippen LogP contribution in [0.1, 0.15) is 17.3 Å². The van der Waals surface area contributed by atoms with Crippen LogP contribution in [0.3, 0.4) is 0 Å². The molecule has 3 rings (SSSR count). The molecule has 0 saturated heterocycles. The smallest absolute Gasteiger partial charge is 0.338 e. The van der Waals surface area contributed by atoms with E-state index in [0.29, 0.717) is 5.69 Å². The van der Waals surface area contributed by atoms with Gasteiger partial charge in [0.25, 0.3) is 11.6 Å².